The lowest BCUT2D eigenvalue weighted by Gasteiger charge is -2.20. The average Bonchev–Trinajstić information content (AvgIpc) is 2.94. The van der Waals surface area contributed by atoms with Gasteiger partial charge in [-0.05, 0) is 41.3 Å². The van der Waals surface area contributed by atoms with E-state index in [0.717, 1.165) is 5.56 Å². The number of nitrogens with two attached hydrogens (primary N) is 1. The van der Waals surface area contributed by atoms with Crippen LogP contribution in [0, 0.1) is 0 Å². The van der Waals surface area contributed by atoms with Crippen LogP contribution in [0.15, 0.2) is 71.9 Å². The highest BCUT2D eigenvalue weighted by molar-refractivity contribution is 7.92. The number of carbonyl (C=O) groups is 1. The molecule has 0 radical (unpaired) electrons. The van der Waals surface area contributed by atoms with Gasteiger partial charge in [-0.15, -0.1) is 0 Å². The molecule has 0 fully saturated rings. The molecule has 2 heterocycles. The zero-order valence-corrected chi connectivity index (χ0v) is 23.8. The Bertz CT molecular complexity index is 1620. The molecule has 0 aliphatic carbocycles. The Balaban J connectivity index is 1.85. The van der Waals surface area contributed by atoms with Gasteiger partial charge in [0.2, 0.25) is 17.5 Å². The molecule has 214 valence electrons. The summed E-state index contributed by atoms with van der Waals surface area (Å²) < 4.78 is 46.9. The maximum absolute atomic E-state index is 13.6. The van der Waals surface area contributed by atoms with Crippen molar-refractivity contribution in [1.82, 2.24) is 19.9 Å². The summed E-state index contributed by atoms with van der Waals surface area (Å²) >= 11 is 0. The third-order valence-corrected chi connectivity index (χ3v) is 7.09. The van der Waals surface area contributed by atoms with Gasteiger partial charge >= 0.3 is 0 Å². The Morgan fingerprint density at radius 3 is 2.20 bits per heavy atom. The number of para-hydroxylation sites is 2. The lowest BCUT2D eigenvalue weighted by Crippen LogP contribution is -2.18. The molecule has 2 aromatic carbocycles. The molecule has 0 saturated carbocycles. The molecule has 2 aromatic heterocycles. The number of hydrogen-bond donors (Lipinski definition) is 2. The molecule has 1 amide bonds. The molecule has 4 aromatic rings. The number of methoxy groups -OCH3 is 1. The van der Waals surface area contributed by atoms with Crippen LogP contribution < -0.4 is 24.7 Å². The van der Waals surface area contributed by atoms with E-state index in [0.29, 0.717) is 5.75 Å². The smallest absolute Gasteiger partial charge is 0.263 e. The minimum Gasteiger partial charge on any atom is -0.493 e. The molecule has 13 heteroatoms. The summed E-state index contributed by atoms with van der Waals surface area (Å²) in [6, 6.07) is 14.9. The summed E-state index contributed by atoms with van der Waals surface area (Å²) in [6.07, 6.45) is 2.84. The molecule has 0 bridgehead atoms. The van der Waals surface area contributed by atoms with Crippen molar-refractivity contribution in [3.8, 4) is 34.8 Å². The molecule has 0 unspecified atom stereocenters. The Morgan fingerprint density at radius 1 is 0.927 bits per heavy atom. The van der Waals surface area contributed by atoms with E-state index in [4.69, 9.17) is 19.9 Å². The first-order valence-electron chi connectivity index (χ1n) is 12.5. The van der Waals surface area contributed by atoms with Gasteiger partial charge < -0.3 is 19.9 Å². The molecule has 0 aliphatic heterocycles. The third-order valence-electron chi connectivity index (χ3n) is 5.73. The van der Waals surface area contributed by atoms with Crippen LogP contribution in [0.25, 0.3) is 11.6 Å². The SMILES string of the molecule is COc1ccccc1Oc1c(NS(=O)(=O)c2ccc(C(C)(C)C)cc2)nc(-c2ncccn2)nc1OCCC(N)=O. The van der Waals surface area contributed by atoms with E-state index in [1.165, 1.54) is 31.6 Å². The number of ether oxygens (including phenoxy) is 3. The van der Waals surface area contributed by atoms with E-state index >= 15 is 0 Å². The molecule has 12 nitrogen and oxygen atoms in total. The lowest BCUT2D eigenvalue weighted by molar-refractivity contribution is -0.118. The highest BCUT2D eigenvalue weighted by Crippen LogP contribution is 2.41. The fraction of sp³-hybridized carbons (Fsp3) is 0.250. The maximum Gasteiger partial charge on any atom is 0.263 e. The summed E-state index contributed by atoms with van der Waals surface area (Å²) in [5.74, 6) is -0.544. The normalized spacial score (nSPS) is 11.5. The van der Waals surface area contributed by atoms with Crippen LogP contribution in [-0.2, 0) is 20.2 Å². The van der Waals surface area contributed by atoms with Crippen molar-refractivity contribution in [2.75, 3.05) is 18.4 Å². The van der Waals surface area contributed by atoms with Crippen LogP contribution in [0.4, 0.5) is 5.82 Å². The Kier molecular flexibility index (Phi) is 8.67. The number of aromatic nitrogens is 4. The summed E-state index contributed by atoms with van der Waals surface area (Å²) in [6.45, 7) is 5.93. The number of carbonyl (C=O) groups excluding carboxylic acids is 1. The summed E-state index contributed by atoms with van der Waals surface area (Å²) in [7, 11) is -2.72. The van der Waals surface area contributed by atoms with Gasteiger partial charge in [0.15, 0.2) is 23.1 Å². The standard InChI is InChI=1S/C28H30N6O6S/c1-28(2,3)18-10-12-19(13-11-18)41(36,37)34-24-23(40-21-9-6-5-8-20(21)38-4)27(39-17-14-22(29)35)33-26(32-24)25-30-15-7-16-31-25/h5-13,15-16H,14,17H2,1-4H3,(H2,29,35)(H,32,33,34). The van der Waals surface area contributed by atoms with Crippen molar-refractivity contribution in [2.24, 2.45) is 5.73 Å². The summed E-state index contributed by atoms with van der Waals surface area (Å²) in [4.78, 5) is 28.5. The van der Waals surface area contributed by atoms with E-state index in [-0.39, 0.29) is 58.2 Å². The molecule has 0 atom stereocenters. The molecule has 0 saturated heterocycles. The van der Waals surface area contributed by atoms with E-state index in [2.05, 4.69) is 24.7 Å². The number of nitrogens with zero attached hydrogens (tertiary/aromatic N) is 4. The van der Waals surface area contributed by atoms with Gasteiger partial charge in [-0.1, -0.05) is 45.0 Å². The van der Waals surface area contributed by atoms with Crippen molar-refractivity contribution < 1.29 is 27.4 Å². The van der Waals surface area contributed by atoms with Crippen molar-refractivity contribution >= 4 is 21.7 Å². The van der Waals surface area contributed by atoms with Crippen LogP contribution in [0.2, 0.25) is 0 Å². The Morgan fingerprint density at radius 2 is 1.59 bits per heavy atom. The predicted octanol–water partition coefficient (Wildman–Crippen LogP) is 4.09. The van der Waals surface area contributed by atoms with Gasteiger partial charge in [-0.2, -0.15) is 4.98 Å². The largest absolute Gasteiger partial charge is 0.493 e. The van der Waals surface area contributed by atoms with Gasteiger partial charge in [0, 0.05) is 12.4 Å². The van der Waals surface area contributed by atoms with Crippen LogP contribution >= 0.6 is 0 Å². The van der Waals surface area contributed by atoms with Gasteiger partial charge in [0.05, 0.1) is 25.0 Å². The molecule has 3 N–H and O–H groups in total. The zero-order chi connectivity index (χ0) is 29.6. The first kappa shape index (κ1) is 29.2. The Labute approximate surface area is 238 Å². The number of anilines is 1. The first-order valence-corrected chi connectivity index (χ1v) is 14.0. The second-order valence-electron chi connectivity index (χ2n) is 9.80. The predicted molar refractivity (Wildman–Crippen MR) is 151 cm³/mol. The van der Waals surface area contributed by atoms with E-state index in [9.17, 15) is 13.2 Å². The molecule has 0 aliphatic rings. The first-order chi connectivity index (χ1) is 19.5. The van der Waals surface area contributed by atoms with Crippen molar-refractivity contribution in [1.29, 1.82) is 0 Å². The summed E-state index contributed by atoms with van der Waals surface area (Å²) in [5.41, 5.74) is 6.08. The molecular formula is C28H30N6O6S. The maximum atomic E-state index is 13.6. The molecule has 41 heavy (non-hydrogen) atoms. The topological polar surface area (TPSA) is 169 Å². The number of sulfonamides is 1. The zero-order valence-electron chi connectivity index (χ0n) is 23.0. The van der Waals surface area contributed by atoms with Crippen LogP contribution in [-0.4, -0.2) is 48.0 Å². The number of nitrogens with one attached hydrogen (secondary N) is 1. The third kappa shape index (κ3) is 7.25. The molecular weight excluding hydrogens is 548 g/mol. The van der Waals surface area contributed by atoms with Crippen molar-refractivity contribution in [3.05, 3.63) is 72.6 Å². The van der Waals surface area contributed by atoms with E-state index in [1.54, 1.807) is 42.5 Å². The van der Waals surface area contributed by atoms with Crippen molar-refractivity contribution in [3.63, 3.8) is 0 Å². The summed E-state index contributed by atoms with van der Waals surface area (Å²) in [5, 5.41) is 0. The average molecular weight is 579 g/mol. The number of amides is 1. The lowest BCUT2D eigenvalue weighted by atomic mass is 9.87. The highest BCUT2D eigenvalue weighted by Gasteiger charge is 2.26. The second-order valence-corrected chi connectivity index (χ2v) is 11.5. The minimum absolute atomic E-state index is 0.000983. The quantitative estimate of drug-likeness (QED) is 0.264. The van der Waals surface area contributed by atoms with E-state index in [1.807, 2.05) is 20.8 Å². The van der Waals surface area contributed by atoms with Crippen molar-refractivity contribution in [2.45, 2.75) is 37.5 Å². The number of rotatable bonds is 11. The number of hydrogen-bond acceptors (Lipinski definition) is 10. The Hall–Kier alpha value is -4.78. The highest BCUT2D eigenvalue weighted by atomic mass is 32.2. The molecule has 4 rings (SSSR count). The van der Waals surface area contributed by atoms with Gasteiger partial charge in [-0.25, -0.2) is 23.4 Å². The van der Waals surface area contributed by atoms with Crippen LogP contribution in [0.5, 0.6) is 23.1 Å². The second kappa shape index (κ2) is 12.2. The monoisotopic (exact) mass is 578 g/mol. The number of benzene rings is 2. The van der Waals surface area contributed by atoms with Gasteiger partial charge in [0.1, 0.15) is 0 Å². The van der Waals surface area contributed by atoms with Crippen LogP contribution in [0.1, 0.15) is 32.8 Å². The number of primary amides is 1. The van der Waals surface area contributed by atoms with E-state index < -0.39 is 15.9 Å². The van der Waals surface area contributed by atoms with Gasteiger partial charge in [0.25, 0.3) is 15.9 Å². The minimum atomic E-state index is -4.18. The van der Waals surface area contributed by atoms with Gasteiger partial charge in [-0.3, -0.25) is 9.52 Å². The van der Waals surface area contributed by atoms with Crippen LogP contribution in [0.3, 0.4) is 0 Å². The molecule has 0 spiro atoms. The fourth-order valence-corrected chi connectivity index (χ4v) is 4.59. The fourth-order valence-electron chi connectivity index (χ4n) is 3.59.